The monoisotopic (exact) mass is 441 g/mol. The van der Waals surface area contributed by atoms with Crippen LogP contribution < -0.4 is 0 Å². The second-order valence-electron chi connectivity index (χ2n) is 8.56. The molecule has 0 spiro atoms. The number of hydrogen-bond donors (Lipinski definition) is 0. The van der Waals surface area contributed by atoms with Crippen LogP contribution in [0.4, 0.5) is 0 Å². The van der Waals surface area contributed by atoms with Gasteiger partial charge in [-0.1, -0.05) is 33.6 Å². The van der Waals surface area contributed by atoms with Gasteiger partial charge in [0.2, 0.25) is 6.29 Å². The Bertz CT molecular complexity index is 678. The molecule has 2 rings (SSSR count). The number of carbonyl (C=O) groups is 3. The summed E-state index contributed by atoms with van der Waals surface area (Å²) in [6.07, 6.45) is 0.441. The highest BCUT2D eigenvalue weighted by molar-refractivity contribution is 5.78. The minimum atomic E-state index is -0.976. The fourth-order valence-corrected chi connectivity index (χ4v) is 4.23. The lowest BCUT2D eigenvalue weighted by Gasteiger charge is -2.40. The van der Waals surface area contributed by atoms with Crippen LogP contribution in [0.15, 0.2) is 4.99 Å². The van der Waals surface area contributed by atoms with Gasteiger partial charge in [0.15, 0.2) is 24.1 Å². The van der Waals surface area contributed by atoms with Gasteiger partial charge in [0, 0.05) is 27.2 Å². The van der Waals surface area contributed by atoms with Gasteiger partial charge in [0.25, 0.3) is 0 Å². The number of rotatable bonds is 10. The van der Waals surface area contributed by atoms with E-state index in [1.165, 1.54) is 27.2 Å². The van der Waals surface area contributed by atoms with Gasteiger partial charge in [0.05, 0.1) is 0 Å². The van der Waals surface area contributed by atoms with Crippen LogP contribution in [0.2, 0.25) is 0 Å². The predicted molar refractivity (Wildman–Crippen MR) is 111 cm³/mol. The van der Waals surface area contributed by atoms with Crippen molar-refractivity contribution in [1.29, 1.82) is 0 Å². The quantitative estimate of drug-likeness (QED) is 0.376. The van der Waals surface area contributed by atoms with Crippen molar-refractivity contribution in [3.8, 4) is 0 Å². The van der Waals surface area contributed by atoms with Crippen LogP contribution in [0.25, 0.3) is 0 Å². The van der Waals surface area contributed by atoms with E-state index in [1.54, 1.807) is 0 Å². The van der Waals surface area contributed by atoms with Gasteiger partial charge >= 0.3 is 17.9 Å². The Morgan fingerprint density at radius 1 is 1.00 bits per heavy atom. The van der Waals surface area contributed by atoms with E-state index in [4.69, 9.17) is 23.7 Å². The highest BCUT2D eigenvalue weighted by atomic mass is 16.7. The van der Waals surface area contributed by atoms with Gasteiger partial charge in [-0.05, 0) is 18.3 Å². The molecule has 0 aromatic carbocycles. The van der Waals surface area contributed by atoms with Gasteiger partial charge < -0.3 is 23.7 Å². The molecule has 9 nitrogen and oxygen atoms in total. The number of carbonyl (C=O) groups excluding carboxylic acids is 3. The molecule has 0 aromatic rings. The molecule has 7 atom stereocenters. The SMILES string of the molecule is CCCC(C)CC(C)CC1=NC2C(O1)OC(COC(C)=O)C(OC(C)=O)C2OC(C)=O. The maximum Gasteiger partial charge on any atom is 0.303 e. The summed E-state index contributed by atoms with van der Waals surface area (Å²) < 4.78 is 27.8. The summed E-state index contributed by atoms with van der Waals surface area (Å²) in [6.45, 7) is 10.2. The number of esters is 3. The molecule has 0 saturated carbocycles. The van der Waals surface area contributed by atoms with Crippen LogP contribution in [0, 0.1) is 11.8 Å². The molecule has 0 bridgehead atoms. The highest BCUT2D eigenvalue weighted by Crippen LogP contribution is 2.34. The van der Waals surface area contributed by atoms with Crippen LogP contribution in [-0.2, 0) is 38.1 Å². The lowest BCUT2D eigenvalue weighted by atomic mass is 9.92. The average Bonchev–Trinajstić information content (AvgIpc) is 3.03. The van der Waals surface area contributed by atoms with E-state index in [0.717, 1.165) is 12.8 Å². The maximum atomic E-state index is 11.8. The largest absolute Gasteiger partial charge is 0.463 e. The van der Waals surface area contributed by atoms with Gasteiger partial charge in [-0.25, -0.2) is 4.99 Å². The number of fused-ring (bicyclic) bond motifs is 1. The molecule has 0 amide bonds. The Balaban J connectivity index is 2.18. The predicted octanol–water partition coefficient (Wildman–Crippen LogP) is 2.79. The van der Waals surface area contributed by atoms with Crippen molar-refractivity contribution in [3.05, 3.63) is 0 Å². The van der Waals surface area contributed by atoms with Crippen LogP contribution in [-0.4, -0.2) is 61.1 Å². The topological polar surface area (TPSA) is 110 Å². The molecular formula is C22H35NO8. The zero-order valence-electron chi connectivity index (χ0n) is 19.3. The minimum absolute atomic E-state index is 0.169. The van der Waals surface area contributed by atoms with Gasteiger partial charge in [0.1, 0.15) is 12.7 Å². The maximum absolute atomic E-state index is 11.8. The molecule has 2 aliphatic heterocycles. The van der Waals surface area contributed by atoms with Gasteiger partial charge in [-0.3, -0.25) is 14.4 Å². The Kier molecular flexibility index (Phi) is 9.28. The summed E-state index contributed by atoms with van der Waals surface area (Å²) in [7, 11) is 0. The first-order valence-electron chi connectivity index (χ1n) is 11.0. The standard InChI is InChI=1S/C22H35NO8/c1-7-8-12(2)9-13(3)10-18-23-19-21(29-16(6)26)20(28-15(5)25)17(11-27-14(4)24)30-22(19)31-18/h12-13,17,19-22H,7-11H2,1-6H3. The van der Waals surface area contributed by atoms with Crippen LogP contribution in [0.1, 0.15) is 67.2 Å². The van der Waals surface area contributed by atoms with E-state index in [1.807, 2.05) is 0 Å². The minimum Gasteiger partial charge on any atom is -0.463 e. The van der Waals surface area contributed by atoms with Gasteiger partial charge in [-0.2, -0.15) is 0 Å². The molecule has 176 valence electrons. The summed E-state index contributed by atoms with van der Waals surface area (Å²) in [4.78, 5) is 39.4. The van der Waals surface area contributed by atoms with Gasteiger partial charge in [-0.15, -0.1) is 0 Å². The Morgan fingerprint density at radius 2 is 1.65 bits per heavy atom. The molecule has 7 unspecified atom stereocenters. The van der Waals surface area contributed by atoms with Crippen LogP contribution >= 0.6 is 0 Å². The van der Waals surface area contributed by atoms with E-state index in [0.29, 0.717) is 24.2 Å². The van der Waals surface area contributed by atoms with E-state index < -0.39 is 48.6 Å². The molecule has 0 aromatic heterocycles. The first kappa shape index (κ1) is 25.1. The molecular weight excluding hydrogens is 406 g/mol. The molecule has 1 saturated heterocycles. The van der Waals surface area contributed by atoms with Crippen molar-refractivity contribution in [3.63, 3.8) is 0 Å². The van der Waals surface area contributed by atoms with Crippen LogP contribution in [0.5, 0.6) is 0 Å². The second-order valence-corrected chi connectivity index (χ2v) is 8.56. The lowest BCUT2D eigenvalue weighted by Crippen LogP contribution is -2.60. The number of ether oxygens (including phenoxy) is 5. The fraction of sp³-hybridized carbons (Fsp3) is 0.818. The number of nitrogens with zero attached hydrogens (tertiary/aromatic N) is 1. The second kappa shape index (κ2) is 11.5. The van der Waals surface area contributed by atoms with Crippen molar-refractivity contribution in [2.24, 2.45) is 16.8 Å². The third-order valence-corrected chi connectivity index (χ3v) is 5.32. The molecule has 0 radical (unpaired) electrons. The molecule has 1 fully saturated rings. The normalized spacial score (nSPS) is 29.1. The molecule has 2 aliphatic rings. The highest BCUT2D eigenvalue weighted by Gasteiger charge is 2.54. The van der Waals surface area contributed by atoms with Crippen molar-refractivity contribution in [2.45, 2.75) is 97.9 Å². The summed E-state index contributed by atoms with van der Waals surface area (Å²) in [5.74, 6) is -0.128. The molecule has 0 aliphatic carbocycles. The summed E-state index contributed by atoms with van der Waals surface area (Å²) in [5, 5.41) is 0. The molecule has 2 heterocycles. The first-order valence-corrected chi connectivity index (χ1v) is 11.0. The smallest absolute Gasteiger partial charge is 0.303 e. The van der Waals surface area contributed by atoms with Crippen LogP contribution in [0.3, 0.4) is 0 Å². The van der Waals surface area contributed by atoms with Crippen molar-refractivity contribution >= 4 is 23.8 Å². The van der Waals surface area contributed by atoms with Crippen molar-refractivity contribution < 1.29 is 38.1 Å². The summed E-state index contributed by atoms with van der Waals surface area (Å²) >= 11 is 0. The van der Waals surface area contributed by atoms with E-state index in [2.05, 4.69) is 25.8 Å². The van der Waals surface area contributed by atoms with E-state index >= 15 is 0 Å². The lowest BCUT2D eigenvalue weighted by molar-refractivity contribution is -0.249. The van der Waals surface area contributed by atoms with Crippen molar-refractivity contribution in [1.82, 2.24) is 0 Å². The average molecular weight is 442 g/mol. The Labute approximate surface area is 183 Å². The molecule has 9 heteroatoms. The molecule has 0 N–H and O–H groups in total. The summed E-state index contributed by atoms with van der Waals surface area (Å²) in [5.41, 5.74) is 0. The number of aliphatic imine (C=N–C) groups is 1. The fourth-order valence-electron chi connectivity index (χ4n) is 4.23. The van der Waals surface area contributed by atoms with E-state index in [9.17, 15) is 14.4 Å². The third kappa shape index (κ3) is 7.48. The van der Waals surface area contributed by atoms with Crippen molar-refractivity contribution in [2.75, 3.05) is 6.61 Å². The summed E-state index contributed by atoms with van der Waals surface area (Å²) in [6, 6.07) is -0.669. The number of hydrogen-bond acceptors (Lipinski definition) is 9. The Morgan fingerprint density at radius 3 is 2.23 bits per heavy atom. The first-order chi connectivity index (χ1) is 14.6. The Hall–Kier alpha value is -2.16. The molecule has 31 heavy (non-hydrogen) atoms. The van der Waals surface area contributed by atoms with E-state index in [-0.39, 0.29) is 6.61 Å². The third-order valence-electron chi connectivity index (χ3n) is 5.32. The zero-order valence-corrected chi connectivity index (χ0v) is 19.3. The zero-order chi connectivity index (χ0) is 23.1.